The average Bonchev–Trinajstić information content (AvgIpc) is 2.46. The Kier molecular flexibility index (Phi) is 2.94. The molecule has 0 fully saturated rings. The van der Waals surface area contributed by atoms with Gasteiger partial charge in [0.25, 0.3) is 0 Å². The molecule has 0 heterocycles. The first-order chi connectivity index (χ1) is 9.31. The number of benzene rings is 3. The molecule has 19 heavy (non-hydrogen) atoms. The lowest BCUT2D eigenvalue weighted by atomic mass is 10.1. The molecule has 0 saturated carbocycles. The number of nitrogens with zero attached hydrogens (tertiary/aromatic N) is 2. The van der Waals surface area contributed by atoms with Crippen LogP contribution in [0.5, 0.6) is 0 Å². The van der Waals surface area contributed by atoms with Crippen molar-refractivity contribution in [3.8, 4) is 0 Å². The van der Waals surface area contributed by atoms with Crippen molar-refractivity contribution in [2.45, 2.75) is 0 Å². The zero-order valence-electron chi connectivity index (χ0n) is 10.3. The molecule has 0 saturated heterocycles. The van der Waals surface area contributed by atoms with E-state index in [4.69, 9.17) is 5.73 Å². The molecule has 0 aliphatic heterocycles. The van der Waals surface area contributed by atoms with E-state index in [9.17, 15) is 0 Å². The van der Waals surface area contributed by atoms with Crippen molar-refractivity contribution in [2.24, 2.45) is 10.2 Å². The van der Waals surface area contributed by atoms with Gasteiger partial charge in [0, 0.05) is 5.69 Å². The van der Waals surface area contributed by atoms with Gasteiger partial charge < -0.3 is 5.73 Å². The molecule has 0 radical (unpaired) electrons. The van der Waals surface area contributed by atoms with Crippen LogP contribution in [0.1, 0.15) is 0 Å². The van der Waals surface area contributed by atoms with Gasteiger partial charge in [0.15, 0.2) is 0 Å². The van der Waals surface area contributed by atoms with Crippen molar-refractivity contribution in [2.75, 3.05) is 5.73 Å². The van der Waals surface area contributed by atoms with Crippen LogP contribution in [0.4, 0.5) is 17.1 Å². The molecule has 3 nitrogen and oxygen atoms in total. The molecular formula is C16H13N3. The summed E-state index contributed by atoms with van der Waals surface area (Å²) >= 11 is 0. The van der Waals surface area contributed by atoms with Crippen LogP contribution in [0.2, 0.25) is 0 Å². The van der Waals surface area contributed by atoms with Crippen molar-refractivity contribution in [1.82, 2.24) is 0 Å². The highest BCUT2D eigenvalue weighted by molar-refractivity contribution is 5.85. The Morgan fingerprint density at radius 2 is 1.26 bits per heavy atom. The summed E-state index contributed by atoms with van der Waals surface area (Å²) in [6.07, 6.45) is 0. The molecule has 92 valence electrons. The molecule has 0 amide bonds. The molecule has 3 heteroatoms. The van der Waals surface area contributed by atoms with Gasteiger partial charge in [0.1, 0.15) is 0 Å². The zero-order valence-corrected chi connectivity index (χ0v) is 10.3. The molecule has 0 spiro atoms. The van der Waals surface area contributed by atoms with Gasteiger partial charge in [0.2, 0.25) is 0 Å². The number of hydrogen-bond donors (Lipinski definition) is 1. The van der Waals surface area contributed by atoms with Gasteiger partial charge in [0.05, 0.1) is 11.4 Å². The number of nitrogen functional groups attached to an aromatic ring is 1. The van der Waals surface area contributed by atoms with Gasteiger partial charge in [-0.15, -0.1) is 0 Å². The number of rotatable bonds is 2. The van der Waals surface area contributed by atoms with Crippen molar-refractivity contribution in [3.63, 3.8) is 0 Å². The Balaban J connectivity index is 1.90. The molecule has 0 bridgehead atoms. The van der Waals surface area contributed by atoms with Crippen LogP contribution >= 0.6 is 0 Å². The average molecular weight is 247 g/mol. The maximum Gasteiger partial charge on any atom is 0.0863 e. The minimum atomic E-state index is 0.727. The lowest BCUT2D eigenvalue weighted by Gasteiger charge is -1.98. The zero-order chi connectivity index (χ0) is 13.1. The Hall–Kier alpha value is -2.68. The Morgan fingerprint density at radius 1 is 0.632 bits per heavy atom. The number of fused-ring (bicyclic) bond motifs is 1. The summed E-state index contributed by atoms with van der Waals surface area (Å²) in [5.41, 5.74) is 7.99. The van der Waals surface area contributed by atoms with Gasteiger partial charge in [-0.2, -0.15) is 10.2 Å². The first-order valence-electron chi connectivity index (χ1n) is 6.07. The Bertz CT molecular complexity index is 730. The highest BCUT2D eigenvalue weighted by Crippen LogP contribution is 2.23. The molecule has 2 N–H and O–H groups in total. The fourth-order valence-corrected chi connectivity index (χ4v) is 1.90. The molecule has 0 aliphatic rings. The summed E-state index contributed by atoms with van der Waals surface area (Å²) in [7, 11) is 0. The van der Waals surface area contributed by atoms with Crippen LogP contribution in [0.3, 0.4) is 0 Å². The lowest BCUT2D eigenvalue weighted by Crippen LogP contribution is -1.80. The van der Waals surface area contributed by atoms with E-state index >= 15 is 0 Å². The highest BCUT2D eigenvalue weighted by Gasteiger charge is 1.95. The van der Waals surface area contributed by atoms with E-state index in [0.717, 1.165) is 22.4 Å². The van der Waals surface area contributed by atoms with Crippen LogP contribution in [-0.2, 0) is 0 Å². The number of anilines is 1. The standard InChI is InChI=1S/C16H13N3/c17-14-6-9-15(10-7-14)18-19-16-8-5-12-3-1-2-4-13(12)11-16/h1-11H,17H2/b19-18+. The van der Waals surface area contributed by atoms with E-state index in [2.05, 4.69) is 22.4 Å². The molecule has 0 aromatic heterocycles. The van der Waals surface area contributed by atoms with E-state index in [0.29, 0.717) is 0 Å². The summed E-state index contributed by atoms with van der Waals surface area (Å²) in [5, 5.41) is 10.8. The van der Waals surface area contributed by atoms with E-state index in [1.54, 1.807) is 0 Å². The second kappa shape index (κ2) is 4.90. The molecule has 0 aliphatic carbocycles. The molecule has 0 atom stereocenters. The van der Waals surface area contributed by atoms with Gasteiger partial charge in [-0.1, -0.05) is 30.3 Å². The van der Waals surface area contributed by atoms with E-state index in [1.807, 2.05) is 54.6 Å². The Labute approximate surface area is 111 Å². The SMILES string of the molecule is Nc1ccc(/N=N/c2ccc3ccccc3c2)cc1. The molecular weight excluding hydrogens is 234 g/mol. The third-order valence-corrected chi connectivity index (χ3v) is 2.91. The summed E-state index contributed by atoms with van der Waals surface area (Å²) in [6.45, 7) is 0. The minimum Gasteiger partial charge on any atom is -0.399 e. The van der Waals surface area contributed by atoms with E-state index < -0.39 is 0 Å². The monoisotopic (exact) mass is 247 g/mol. The van der Waals surface area contributed by atoms with Crippen molar-refractivity contribution in [1.29, 1.82) is 0 Å². The number of azo groups is 1. The summed E-state index contributed by atoms with van der Waals surface area (Å²) < 4.78 is 0. The quantitative estimate of drug-likeness (QED) is 0.511. The minimum absolute atomic E-state index is 0.727. The van der Waals surface area contributed by atoms with Crippen molar-refractivity contribution >= 4 is 27.8 Å². The molecule has 3 aromatic carbocycles. The summed E-state index contributed by atoms with van der Waals surface area (Å²) in [5.74, 6) is 0. The second-order valence-corrected chi connectivity index (χ2v) is 4.32. The fourth-order valence-electron chi connectivity index (χ4n) is 1.90. The second-order valence-electron chi connectivity index (χ2n) is 4.32. The third-order valence-electron chi connectivity index (χ3n) is 2.91. The Morgan fingerprint density at radius 3 is 2.05 bits per heavy atom. The highest BCUT2D eigenvalue weighted by atomic mass is 15.1. The number of hydrogen-bond acceptors (Lipinski definition) is 3. The van der Waals surface area contributed by atoms with Gasteiger partial charge in [-0.3, -0.25) is 0 Å². The van der Waals surface area contributed by atoms with Crippen molar-refractivity contribution < 1.29 is 0 Å². The molecule has 0 unspecified atom stereocenters. The predicted molar refractivity (Wildman–Crippen MR) is 79.0 cm³/mol. The lowest BCUT2D eigenvalue weighted by molar-refractivity contribution is 1.24. The van der Waals surface area contributed by atoms with E-state index in [1.165, 1.54) is 5.39 Å². The predicted octanol–water partition coefficient (Wildman–Crippen LogP) is 4.84. The summed E-state index contributed by atoms with van der Waals surface area (Å²) in [6, 6.07) is 21.5. The largest absolute Gasteiger partial charge is 0.399 e. The number of nitrogens with two attached hydrogens (primary N) is 1. The third kappa shape index (κ3) is 2.60. The normalized spacial score (nSPS) is 11.2. The topological polar surface area (TPSA) is 50.7 Å². The smallest absolute Gasteiger partial charge is 0.0863 e. The fraction of sp³-hybridized carbons (Fsp3) is 0. The van der Waals surface area contributed by atoms with Crippen LogP contribution in [-0.4, -0.2) is 0 Å². The van der Waals surface area contributed by atoms with Gasteiger partial charge in [-0.25, -0.2) is 0 Å². The van der Waals surface area contributed by atoms with Crippen LogP contribution < -0.4 is 5.73 Å². The first kappa shape index (κ1) is 11.4. The maximum absolute atomic E-state index is 5.62. The summed E-state index contributed by atoms with van der Waals surface area (Å²) in [4.78, 5) is 0. The van der Waals surface area contributed by atoms with Crippen molar-refractivity contribution in [3.05, 3.63) is 66.7 Å². The van der Waals surface area contributed by atoms with Crippen LogP contribution in [0, 0.1) is 0 Å². The first-order valence-corrected chi connectivity index (χ1v) is 6.07. The van der Waals surface area contributed by atoms with Gasteiger partial charge in [-0.05, 0) is 47.2 Å². The van der Waals surface area contributed by atoms with E-state index in [-0.39, 0.29) is 0 Å². The molecule has 3 rings (SSSR count). The van der Waals surface area contributed by atoms with Gasteiger partial charge >= 0.3 is 0 Å². The molecule has 3 aromatic rings. The maximum atomic E-state index is 5.62. The van der Waals surface area contributed by atoms with Crippen LogP contribution in [0.15, 0.2) is 77.0 Å². The van der Waals surface area contributed by atoms with Crippen LogP contribution in [0.25, 0.3) is 10.8 Å².